The van der Waals surface area contributed by atoms with E-state index in [4.69, 9.17) is 23.2 Å². The highest BCUT2D eigenvalue weighted by molar-refractivity contribution is 7.92. The summed E-state index contributed by atoms with van der Waals surface area (Å²) < 4.78 is 59.8. The van der Waals surface area contributed by atoms with Gasteiger partial charge < -0.3 is 15.5 Å². The number of aliphatic hydroxyl groups is 2. The van der Waals surface area contributed by atoms with Crippen LogP contribution < -0.4 is 5.32 Å². The topological polar surface area (TPSA) is 104 Å². The molecule has 0 saturated carbocycles. The SMILES string of the molecule is O=C(NC(CO)C(O)c1ccc(S(=O)(=O)C(F)(F)F)cc1)C(Cl)Cl. The molecular formula is C12H12Cl2F3NO5S. The first-order valence-electron chi connectivity index (χ1n) is 6.20. The lowest BCUT2D eigenvalue weighted by Gasteiger charge is -2.23. The molecule has 0 heterocycles. The Bertz CT molecular complexity index is 679. The minimum atomic E-state index is -5.51. The molecule has 1 aromatic rings. The van der Waals surface area contributed by atoms with Crippen molar-refractivity contribution in [2.45, 2.75) is 27.4 Å². The molecule has 12 heteroatoms. The van der Waals surface area contributed by atoms with Crippen LogP contribution >= 0.6 is 23.2 Å². The van der Waals surface area contributed by atoms with Gasteiger partial charge >= 0.3 is 5.51 Å². The highest BCUT2D eigenvalue weighted by Gasteiger charge is 2.46. The number of hydrogen-bond donors (Lipinski definition) is 3. The Labute approximate surface area is 145 Å². The van der Waals surface area contributed by atoms with Crippen LogP contribution in [0, 0.1) is 0 Å². The van der Waals surface area contributed by atoms with Crippen molar-refractivity contribution in [3.05, 3.63) is 29.8 Å². The van der Waals surface area contributed by atoms with Gasteiger partial charge in [0, 0.05) is 0 Å². The number of sulfone groups is 1. The summed E-state index contributed by atoms with van der Waals surface area (Å²) in [5, 5.41) is 21.3. The molecule has 2 atom stereocenters. The van der Waals surface area contributed by atoms with Crippen LogP contribution in [-0.2, 0) is 14.6 Å². The standard InChI is InChI=1S/C12H12Cl2F3NO5S/c13-10(14)11(21)18-8(5-19)9(20)6-1-3-7(4-2-6)24(22,23)12(15,16)17/h1-4,8-10,19-20H,5H2,(H,18,21). The van der Waals surface area contributed by atoms with E-state index in [2.05, 4.69) is 5.32 Å². The number of benzene rings is 1. The molecule has 0 aliphatic rings. The third-order valence-corrected chi connectivity index (χ3v) is 4.84. The monoisotopic (exact) mass is 409 g/mol. The highest BCUT2D eigenvalue weighted by atomic mass is 35.5. The van der Waals surface area contributed by atoms with Crippen molar-refractivity contribution in [3.63, 3.8) is 0 Å². The number of rotatable bonds is 6. The minimum absolute atomic E-state index is 0.0313. The van der Waals surface area contributed by atoms with Crippen LogP contribution in [0.2, 0.25) is 0 Å². The van der Waals surface area contributed by atoms with Crippen LogP contribution in [0.15, 0.2) is 29.2 Å². The van der Waals surface area contributed by atoms with E-state index < -0.39 is 49.7 Å². The van der Waals surface area contributed by atoms with Gasteiger partial charge in [-0.3, -0.25) is 4.79 Å². The predicted octanol–water partition coefficient (Wildman–Crippen LogP) is 1.29. The summed E-state index contributed by atoms with van der Waals surface area (Å²) in [5.41, 5.74) is -5.49. The van der Waals surface area contributed by atoms with E-state index in [1.165, 1.54) is 0 Å². The van der Waals surface area contributed by atoms with Gasteiger partial charge in [0.25, 0.3) is 15.7 Å². The number of hydrogen-bond acceptors (Lipinski definition) is 5. The average Bonchev–Trinajstić information content (AvgIpc) is 2.50. The second kappa shape index (κ2) is 7.87. The minimum Gasteiger partial charge on any atom is -0.394 e. The maximum atomic E-state index is 12.4. The van der Waals surface area contributed by atoms with E-state index >= 15 is 0 Å². The second-order valence-corrected chi connectivity index (χ2v) is 7.60. The molecule has 0 saturated heterocycles. The second-order valence-electron chi connectivity index (χ2n) is 4.56. The number of aliphatic hydroxyl groups excluding tert-OH is 2. The normalized spacial score (nSPS) is 15.2. The molecule has 0 radical (unpaired) electrons. The van der Waals surface area contributed by atoms with Crippen LogP contribution in [0.3, 0.4) is 0 Å². The van der Waals surface area contributed by atoms with E-state index in [1.807, 2.05) is 0 Å². The van der Waals surface area contributed by atoms with Gasteiger partial charge in [0.2, 0.25) is 0 Å². The van der Waals surface area contributed by atoms with Gasteiger partial charge in [0.1, 0.15) is 6.10 Å². The maximum Gasteiger partial charge on any atom is 0.501 e. The largest absolute Gasteiger partial charge is 0.501 e. The van der Waals surface area contributed by atoms with Gasteiger partial charge in [-0.25, -0.2) is 8.42 Å². The third kappa shape index (κ3) is 4.73. The Kier molecular flexibility index (Phi) is 6.88. The Morgan fingerprint density at radius 1 is 1.21 bits per heavy atom. The summed E-state index contributed by atoms with van der Waals surface area (Å²) >= 11 is 10.6. The van der Waals surface area contributed by atoms with Gasteiger partial charge in [0.15, 0.2) is 4.84 Å². The van der Waals surface area contributed by atoms with E-state index in [-0.39, 0.29) is 5.56 Å². The van der Waals surface area contributed by atoms with Crippen molar-refractivity contribution in [2.24, 2.45) is 0 Å². The molecule has 0 aromatic heterocycles. The van der Waals surface area contributed by atoms with Crippen LogP contribution in [0.5, 0.6) is 0 Å². The fraction of sp³-hybridized carbons (Fsp3) is 0.417. The fourth-order valence-corrected chi connectivity index (χ4v) is 2.57. The lowest BCUT2D eigenvalue weighted by atomic mass is 10.0. The number of alkyl halides is 5. The third-order valence-electron chi connectivity index (χ3n) is 2.94. The molecule has 1 amide bonds. The molecule has 24 heavy (non-hydrogen) atoms. The van der Waals surface area contributed by atoms with Crippen molar-refractivity contribution < 1.29 is 36.6 Å². The van der Waals surface area contributed by atoms with Crippen molar-refractivity contribution in [3.8, 4) is 0 Å². The molecule has 2 unspecified atom stereocenters. The first kappa shape index (κ1) is 21.0. The summed E-state index contributed by atoms with van der Waals surface area (Å²) in [6, 6.07) is 1.92. The van der Waals surface area contributed by atoms with Gasteiger partial charge in [-0.2, -0.15) is 13.2 Å². The molecule has 0 bridgehead atoms. The first-order chi connectivity index (χ1) is 10.9. The Balaban J connectivity index is 3.01. The van der Waals surface area contributed by atoms with Gasteiger partial charge in [-0.05, 0) is 17.7 Å². The zero-order valence-electron chi connectivity index (χ0n) is 11.7. The molecule has 3 N–H and O–H groups in total. The molecule has 6 nitrogen and oxygen atoms in total. The van der Waals surface area contributed by atoms with Gasteiger partial charge in [-0.1, -0.05) is 35.3 Å². The molecule has 1 rings (SSSR count). The van der Waals surface area contributed by atoms with Gasteiger partial charge in [0.05, 0.1) is 17.5 Å². The molecule has 0 spiro atoms. The molecule has 0 aliphatic heterocycles. The number of halogens is 5. The average molecular weight is 410 g/mol. The number of amides is 1. The summed E-state index contributed by atoms with van der Waals surface area (Å²) in [4.78, 5) is 8.89. The number of nitrogens with one attached hydrogen (secondary N) is 1. The van der Waals surface area contributed by atoms with Crippen molar-refractivity contribution in [1.29, 1.82) is 0 Å². The zero-order chi connectivity index (χ0) is 18.7. The van der Waals surface area contributed by atoms with Crippen LogP contribution in [0.1, 0.15) is 11.7 Å². The molecule has 0 aliphatic carbocycles. The maximum absolute atomic E-state index is 12.4. The Hall–Kier alpha value is -1.07. The van der Waals surface area contributed by atoms with Crippen molar-refractivity contribution in [1.82, 2.24) is 5.32 Å². The van der Waals surface area contributed by atoms with E-state index in [0.29, 0.717) is 12.1 Å². The van der Waals surface area contributed by atoms with E-state index in [9.17, 15) is 36.6 Å². The van der Waals surface area contributed by atoms with E-state index in [1.54, 1.807) is 0 Å². The van der Waals surface area contributed by atoms with E-state index in [0.717, 1.165) is 12.1 Å². The Morgan fingerprint density at radius 2 is 1.71 bits per heavy atom. The smallest absolute Gasteiger partial charge is 0.394 e. The fourth-order valence-electron chi connectivity index (χ4n) is 1.68. The molecular weight excluding hydrogens is 398 g/mol. The quantitative estimate of drug-likeness (QED) is 0.614. The van der Waals surface area contributed by atoms with Crippen molar-refractivity contribution >= 4 is 38.9 Å². The lowest BCUT2D eigenvalue weighted by molar-refractivity contribution is -0.121. The van der Waals surface area contributed by atoms with Crippen LogP contribution in [-0.4, -0.2) is 47.5 Å². The Morgan fingerprint density at radius 3 is 2.08 bits per heavy atom. The lowest BCUT2D eigenvalue weighted by Crippen LogP contribution is -2.44. The van der Waals surface area contributed by atoms with Crippen molar-refractivity contribution in [2.75, 3.05) is 6.61 Å². The number of carbonyl (C=O) groups excluding carboxylic acids is 1. The van der Waals surface area contributed by atoms with Gasteiger partial charge in [-0.15, -0.1) is 0 Å². The zero-order valence-corrected chi connectivity index (χ0v) is 14.0. The molecule has 0 fully saturated rings. The summed E-state index contributed by atoms with van der Waals surface area (Å²) in [5.74, 6) is -0.896. The highest BCUT2D eigenvalue weighted by Crippen LogP contribution is 2.31. The summed E-state index contributed by atoms with van der Waals surface area (Å²) in [6.07, 6.45) is -1.53. The van der Waals surface area contributed by atoms with Crippen LogP contribution in [0.4, 0.5) is 13.2 Å². The summed E-state index contributed by atoms with van der Waals surface area (Å²) in [7, 11) is -5.51. The summed E-state index contributed by atoms with van der Waals surface area (Å²) in [6.45, 7) is -0.726. The molecule has 1 aromatic carbocycles. The number of carbonyl (C=O) groups is 1. The first-order valence-corrected chi connectivity index (χ1v) is 8.56. The molecule has 136 valence electrons. The predicted molar refractivity (Wildman–Crippen MR) is 79.2 cm³/mol. The van der Waals surface area contributed by atoms with Crippen LogP contribution in [0.25, 0.3) is 0 Å².